The molecule has 0 radical (unpaired) electrons. The molecule has 7 heteroatoms. The summed E-state index contributed by atoms with van der Waals surface area (Å²) in [5.41, 5.74) is -0.403. The molecule has 1 atom stereocenters. The summed E-state index contributed by atoms with van der Waals surface area (Å²) in [7, 11) is 0. The summed E-state index contributed by atoms with van der Waals surface area (Å²) in [5.74, 6) is -0.778. The van der Waals surface area contributed by atoms with Gasteiger partial charge in [0.15, 0.2) is 0 Å². The minimum Gasteiger partial charge on any atom is -0.771 e. The van der Waals surface area contributed by atoms with Gasteiger partial charge in [-0.1, -0.05) is 0 Å². The van der Waals surface area contributed by atoms with Crippen molar-refractivity contribution in [2.75, 3.05) is 5.94 Å². The summed E-state index contributed by atoms with van der Waals surface area (Å²) in [6.45, 7) is 5.31. The van der Waals surface area contributed by atoms with Gasteiger partial charge in [0.05, 0.1) is 5.60 Å². The summed E-state index contributed by atoms with van der Waals surface area (Å²) >= 11 is -2.27. The summed E-state index contributed by atoms with van der Waals surface area (Å²) in [4.78, 5) is 3.94. The van der Waals surface area contributed by atoms with E-state index in [1.54, 1.807) is 20.8 Å². The second kappa shape index (κ2) is 10.1. The van der Waals surface area contributed by atoms with Crippen LogP contribution in [0.3, 0.4) is 0 Å². The van der Waals surface area contributed by atoms with Crippen molar-refractivity contribution < 1.29 is 53.6 Å². The molecule has 0 amide bonds. The Bertz CT molecular complexity index is 113. The Morgan fingerprint density at radius 1 is 1.50 bits per heavy atom. The number of aliphatic hydroxyl groups is 1. The summed E-state index contributed by atoms with van der Waals surface area (Å²) in [6.07, 6.45) is 0. The molecule has 0 aliphatic rings. The maximum absolute atomic E-state index is 9.12. The van der Waals surface area contributed by atoms with Crippen LogP contribution in [0.15, 0.2) is 0 Å². The van der Waals surface area contributed by atoms with Crippen LogP contribution in [-0.4, -0.2) is 30.7 Å². The SMILES string of the molecule is CC(C)(C)OO.O=S([O-])CO.[Na+]. The van der Waals surface area contributed by atoms with E-state index in [4.69, 9.17) is 19.1 Å². The number of hydrogen-bond acceptors (Lipinski definition) is 5. The van der Waals surface area contributed by atoms with Gasteiger partial charge >= 0.3 is 29.6 Å². The molecule has 0 saturated heterocycles. The van der Waals surface area contributed by atoms with Gasteiger partial charge in [0.1, 0.15) is 5.94 Å². The van der Waals surface area contributed by atoms with Crippen LogP contribution in [0.2, 0.25) is 0 Å². The van der Waals surface area contributed by atoms with Crippen molar-refractivity contribution in [2.45, 2.75) is 26.4 Å². The zero-order chi connectivity index (χ0) is 9.49. The van der Waals surface area contributed by atoms with Gasteiger partial charge < -0.3 is 9.66 Å². The van der Waals surface area contributed by atoms with Crippen LogP contribution in [0.25, 0.3) is 0 Å². The largest absolute Gasteiger partial charge is 1.00 e. The van der Waals surface area contributed by atoms with Crippen LogP contribution >= 0.6 is 0 Å². The average Bonchev–Trinajstić information content (AvgIpc) is 1.88. The van der Waals surface area contributed by atoms with E-state index in [1.165, 1.54) is 0 Å². The molecule has 0 saturated carbocycles. The Morgan fingerprint density at radius 2 is 1.67 bits per heavy atom. The fourth-order valence-electron chi connectivity index (χ4n) is 0. The van der Waals surface area contributed by atoms with Crippen molar-refractivity contribution in [3.05, 3.63) is 0 Å². The quantitative estimate of drug-likeness (QED) is 0.209. The third kappa shape index (κ3) is 30.6. The summed E-state index contributed by atoms with van der Waals surface area (Å²) < 4.78 is 18.2. The molecule has 0 spiro atoms. The van der Waals surface area contributed by atoms with Gasteiger partial charge in [-0.2, -0.15) is 0 Å². The minimum absolute atomic E-state index is 0. The predicted molar refractivity (Wildman–Crippen MR) is 39.5 cm³/mol. The molecule has 0 aromatic carbocycles. The fraction of sp³-hybridized carbons (Fsp3) is 1.00. The van der Waals surface area contributed by atoms with Gasteiger partial charge in [-0.3, -0.25) is 9.47 Å². The molecule has 0 rings (SSSR count). The first-order valence-corrected chi connectivity index (χ1v) is 4.07. The van der Waals surface area contributed by atoms with Crippen molar-refractivity contribution >= 4 is 11.1 Å². The van der Waals surface area contributed by atoms with Gasteiger partial charge in [0.25, 0.3) is 0 Å². The van der Waals surface area contributed by atoms with Crippen molar-refractivity contribution in [1.82, 2.24) is 0 Å². The molecule has 12 heavy (non-hydrogen) atoms. The monoisotopic (exact) mass is 208 g/mol. The zero-order valence-corrected chi connectivity index (χ0v) is 10.6. The Labute approximate surface area is 96.6 Å². The third-order valence-corrected chi connectivity index (χ3v) is 0.590. The first-order chi connectivity index (χ1) is 4.83. The van der Waals surface area contributed by atoms with Crippen LogP contribution in [0.1, 0.15) is 20.8 Å². The molecule has 5 nitrogen and oxygen atoms in total. The topological polar surface area (TPSA) is 89.8 Å². The maximum atomic E-state index is 9.12. The minimum atomic E-state index is -2.27. The maximum Gasteiger partial charge on any atom is 1.00 e. The van der Waals surface area contributed by atoms with Crippen molar-refractivity contribution in [3.8, 4) is 0 Å². The van der Waals surface area contributed by atoms with Gasteiger partial charge in [0.2, 0.25) is 0 Å². The molecule has 0 aromatic heterocycles. The average molecular weight is 208 g/mol. The molecule has 0 heterocycles. The second-order valence-corrected chi connectivity index (χ2v) is 3.50. The molecule has 2 N–H and O–H groups in total. The smallest absolute Gasteiger partial charge is 0.771 e. The summed E-state index contributed by atoms with van der Waals surface area (Å²) in [6, 6.07) is 0. The van der Waals surface area contributed by atoms with E-state index in [1.807, 2.05) is 0 Å². The predicted octanol–water partition coefficient (Wildman–Crippen LogP) is -2.91. The normalized spacial score (nSPS) is 12.2. The van der Waals surface area contributed by atoms with Crippen molar-refractivity contribution in [2.24, 2.45) is 0 Å². The standard InChI is InChI=1S/C4H10O2.CH4O3S.Na/c1-4(2,3)6-5;2-1-5(3)4;/h5H,1-3H3;2H,1H2,(H,3,4);/q;;+1/p-1. The number of aliphatic hydroxyl groups excluding tert-OH is 1. The van der Waals surface area contributed by atoms with Crippen LogP contribution < -0.4 is 29.6 Å². The molecule has 1 unspecified atom stereocenters. The van der Waals surface area contributed by atoms with Gasteiger partial charge in [-0.25, -0.2) is 4.89 Å². The molecule has 0 aliphatic heterocycles. The second-order valence-electron chi connectivity index (χ2n) is 2.64. The van der Waals surface area contributed by atoms with Crippen LogP contribution in [0.4, 0.5) is 0 Å². The van der Waals surface area contributed by atoms with E-state index >= 15 is 0 Å². The van der Waals surface area contributed by atoms with Gasteiger partial charge in [-0.05, 0) is 31.9 Å². The van der Waals surface area contributed by atoms with E-state index in [0.29, 0.717) is 0 Å². The first kappa shape index (κ1) is 18.7. The molecular weight excluding hydrogens is 195 g/mol. The molecule has 0 fully saturated rings. The van der Waals surface area contributed by atoms with Gasteiger partial charge in [-0.15, -0.1) is 0 Å². The molecular formula is C5H13NaO5S. The summed E-state index contributed by atoms with van der Waals surface area (Å²) in [5, 5.41) is 15.4. The van der Waals surface area contributed by atoms with Crippen LogP contribution in [0.5, 0.6) is 0 Å². The Kier molecular flexibility index (Phi) is 15.7. The first-order valence-electron chi connectivity index (χ1n) is 2.82. The van der Waals surface area contributed by atoms with Crippen LogP contribution in [0, 0.1) is 0 Å². The van der Waals surface area contributed by atoms with Crippen LogP contribution in [-0.2, 0) is 16.0 Å². The van der Waals surface area contributed by atoms with E-state index in [2.05, 4.69) is 4.89 Å². The zero-order valence-electron chi connectivity index (χ0n) is 7.73. The van der Waals surface area contributed by atoms with Crippen molar-refractivity contribution in [1.29, 1.82) is 0 Å². The van der Waals surface area contributed by atoms with E-state index in [0.717, 1.165) is 0 Å². The molecule has 0 aromatic rings. The Morgan fingerprint density at radius 3 is 1.67 bits per heavy atom. The van der Waals surface area contributed by atoms with E-state index in [9.17, 15) is 0 Å². The fourth-order valence-corrected chi connectivity index (χ4v) is 0. The van der Waals surface area contributed by atoms with E-state index in [-0.39, 0.29) is 29.6 Å². The van der Waals surface area contributed by atoms with Gasteiger partial charge in [0, 0.05) is 0 Å². The van der Waals surface area contributed by atoms with E-state index < -0.39 is 22.6 Å². The number of hydrogen-bond donors (Lipinski definition) is 2. The molecule has 0 bridgehead atoms. The number of rotatable bonds is 1. The molecule has 0 aliphatic carbocycles. The Balaban J connectivity index is -0.000000126. The van der Waals surface area contributed by atoms with Crippen molar-refractivity contribution in [3.63, 3.8) is 0 Å². The third-order valence-electron chi connectivity index (χ3n) is 0.379. The Hall–Kier alpha value is 0.990. The molecule has 70 valence electrons.